The van der Waals surface area contributed by atoms with Gasteiger partial charge < -0.3 is 20.5 Å². The lowest BCUT2D eigenvalue weighted by molar-refractivity contribution is 0.187. The standard InChI is InChI=1S/C20H26FN3O2.HI/c1-2-22-20(23-13-6-14-26-18-7-4-3-5-8-18)24-15-19(25)16-9-11-17(21)12-10-16;/h3-5,7-12,19,25H,2,6,13-15H2,1H3,(H2,22,23,24);1H. The van der Waals surface area contributed by atoms with E-state index < -0.39 is 6.10 Å². The average molecular weight is 487 g/mol. The molecule has 2 aromatic rings. The maximum Gasteiger partial charge on any atom is 0.191 e. The van der Waals surface area contributed by atoms with E-state index in [0.717, 1.165) is 18.7 Å². The van der Waals surface area contributed by atoms with Crippen LogP contribution in [0.1, 0.15) is 25.0 Å². The summed E-state index contributed by atoms with van der Waals surface area (Å²) < 4.78 is 18.6. The van der Waals surface area contributed by atoms with Gasteiger partial charge in [-0.15, -0.1) is 24.0 Å². The minimum Gasteiger partial charge on any atom is -0.494 e. The van der Waals surface area contributed by atoms with E-state index in [0.29, 0.717) is 24.7 Å². The highest BCUT2D eigenvalue weighted by Crippen LogP contribution is 2.13. The number of halogens is 2. The first-order valence-corrected chi connectivity index (χ1v) is 8.82. The molecule has 0 radical (unpaired) electrons. The van der Waals surface area contributed by atoms with Crippen LogP contribution in [0.3, 0.4) is 0 Å². The first-order valence-electron chi connectivity index (χ1n) is 8.82. The van der Waals surface area contributed by atoms with E-state index >= 15 is 0 Å². The average Bonchev–Trinajstić information content (AvgIpc) is 2.67. The van der Waals surface area contributed by atoms with Crippen LogP contribution in [-0.4, -0.2) is 37.3 Å². The van der Waals surface area contributed by atoms with E-state index in [1.165, 1.54) is 12.1 Å². The highest BCUT2D eigenvalue weighted by Gasteiger charge is 2.07. The van der Waals surface area contributed by atoms with Gasteiger partial charge in [-0.1, -0.05) is 30.3 Å². The molecule has 27 heavy (non-hydrogen) atoms. The van der Waals surface area contributed by atoms with Crippen LogP contribution in [0.5, 0.6) is 5.75 Å². The first-order chi connectivity index (χ1) is 12.7. The van der Waals surface area contributed by atoms with Gasteiger partial charge in [0.2, 0.25) is 0 Å². The third-order valence-corrected chi connectivity index (χ3v) is 3.65. The molecule has 0 aliphatic carbocycles. The quantitative estimate of drug-likeness (QED) is 0.219. The number of nitrogens with one attached hydrogen (secondary N) is 2. The Kier molecular flexibility index (Phi) is 11.4. The Labute approximate surface area is 177 Å². The van der Waals surface area contributed by atoms with Crippen LogP contribution in [0.25, 0.3) is 0 Å². The van der Waals surface area contributed by atoms with Crippen molar-refractivity contribution in [3.05, 3.63) is 66.0 Å². The molecular formula is C20H27FIN3O2. The van der Waals surface area contributed by atoms with E-state index in [1.54, 1.807) is 12.1 Å². The van der Waals surface area contributed by atoms with Gasteiger partial charge in [0.15, 0.2) is 5.96 Å². The largest absolute Gasteiger partial charge is 0.494 e. The molecule has 0 saturated carbocycles. The molecule has 7 heteroatoms. The molecule has 0 aromatic heterocycles. The van der Waals surface area contributed by atoms with Crippen molar-refractivity contribution in [2.75, 3.05) is 26.2 Å². The molecule has 148 valence electrons. The van der Waals surface area contributed by atoms with Crippen molar-refractivity contribution in [3.8, 4) is 5.75 Å². The van der Waals surface area contributed by atoms with Crippen LogP contribution in [0, 0.1) is 5.82 Å². The van der Waals surface area contributed by atoms with Crippen molar-refractivity contribution in [2.45, 2.75) is 19.4 Å². The number of aliphatic imine (C=N–C) groups is 1. The van der Waals surface area contributed by atoms with Gasteiger partial charge in [0.25, 0.3) is 0 Å². The smallest absolute Gasteiger partial charge is 0.191 e. The van der Waals surface area contributed by atoms with Crippen LogP contribution in [0.15, 0.2) is 59.6 Å². The number of rotatable bonds is 9. The van der Waals surface area contributed by atoms with E-state index in [4.69, 9.17) is 4.74 Å². The molecule has 0 heterocycles. The second-order valence-corrected chi connectivity index (χ2v) is 5.73. The number of aliphatic hydroxyl groups is 1. The zero-order valence-electron chi connectivity index (χ0n) is 15.4. The predicted molar refractivity (Wildman–Crippen MR) is 117 cm³/mol. The summed E-state index contributed by atoms with van der Waals surface area (Å²) in [4.78, 5) is 4.38. The van der Waals surface area contributed by atoms with Gasteiger partial charge in [-0.2, -0.15) is 0 Å². The van der Waals surface area contributed by atoms with E-state index in [-0.39, 0.29) is 36.3 Å². The number of aliphatic hydroxyl groups excluding tert-OH is 1. The first kappa shape index (κ1) is 23.2. The van der Waals surface area contributed by atoms with Crippen molar-refractivity contribution in [1.29, 1.82) is 0 Å². The fourth-order valence-corrected chi connectivity index (χ4v) is 2.30. The topological polar surface area (TPSA) is 65.9 Å². The predicted octanol–water partition coefficient (Wildman–Crippen LogP) is 3.50. The number of ether oxygens (including phenoxy) is 1. The summed E-state index contributed by atoms with van der Waals surface area (Å²) in [5.41, 5.74) is 0.641. The summed E-state index contributed by atoms with van der Waals surface area (Å²) in [5.74, 6) is 1.17. The fraction of sp³-hybridized carbons (Fsp3) is 0.350. The molecule has 5 nitrogen and oxygen atoms in total. The Hall–Kier alpha value is -1.87. The maximum absolute atomic E-state index is 12.9. The number of hydrogen-bond donors (Lipinski definition) is 3. The molecule has 2 rings (SSSR count). The van der Waals surface area contributed by atoms with Crippen molar-refractivity contribution < 1.29 is 14.2 Å². The Morgan fingerprint density at radius 1 is 1.11 bits per heavy atom. The van der Waals surface area contributed by atoms with Gasteiger partial charge >= 0.3 is 0 Å². The van der Waals surface area contributed by atoms with Crippen LogP contribution >= 0.6 is 24.0 Å². The molecule has 1 unspecified atom stereocenters. The summed E-state index contributed by atoms with van der Waals surface area (Å²) in [6.07, 6.45) is 0.0484. The molecule has 0 fully saturated rings. The van der Waals surface area contributed by atoms with Gasteiger partial charge in [0.05, 0.1) is 19.3 Å². The Morgan fingerprint density at radius 2 is 1.81 bits per heavy atom. The lowest BCUT2D eigenvalue weighted by atomic mass is 10.1. The normalized spacial score (nSPS) is 12.0. The van der Waals surface area contributed by atoms with Crippen molar-refractivity contribution in [1.82, 2.24) is 10.6 Å². The van der Waals surface area contributed by atoms with Crippen LogP contribution < -0.4 is 15.4 Å². The van der Waals surface area contributed by atoms with Gasteiger partial charge in [-0.25, -0.2) is 4.39 Å². The molecule has 3 N–H and O–H groups in total. The van der Waals surface area contributed by atoms with E-state index in [2.05, 4.69) is 15.6 Å². The lowest BCUT2D eigenvalue weighted by Gasteiger charge is -2.13. The number of benzene rings is 2. The summed E-state index contributed by atoms with van der Waals surface area (Å²) in [6, 6.07) is 15.5. The maximum atomic E-state index is 12.9. The van der Waals surface area contributed by atoms with Crippen molar-refractivity contribution in [2.24, 2.45) is 4.99 Å². The Balaban J connectivity index is 0.00000364. The molecule has 0 saturated heterocycles. The summed E-state index contributed by atoms with van der Waals surface area (Å²) in [6.45, 7) is 4.20. The molecule has 0 amide bonds. The van der Waals surface area contributed by atoms with Crippen molar-refractivity contribution >= 4 is 29.9 Å². The highest BCUT2D eigenvalue weighted by molar-refractivity contribution is 14.0. The summed E-state index contributed by atoms with van der Waals surface area (Å²) >= 11 is 0. The minimum atomic E-state index is -0.771. The summed E-state index contributed by atoms with van der Waals surface area (Å²) in [5, 5.41) is 16.5. The number of guanidine groups is 1. The number of hydrogen-bond acceptors (Lipinski definition) is 3. The molecule has 0 aliphatic rings. The molecule has 2 aromatic carbocycles. The SMILES string of the molecule is CCNC(=NCC(O)c1ccc(F)cc1)NCCCOc1ccccc1.I. The van der Waals surface area contributed by atoms with Crippen LogP contribution in [0.2, 0.25) is 0 Å². The fourth-order valence-electron chi connectivity index (χ4n) is 2.30. The second kappa shape index (κ2) is 13.3. The Bertz CT molecular complexity index is 669. The monoisotopic (exact) mass is 487 g/mol. The molecule has 0 spiro atoms. The lowest BCUT2D eigenvalue weighted by Crippen LogP contribution is -2.38. The highest BCUT2D eigenvalue weighted by atomic mass is 127. The molecule has 1 atom stereocenters. The number of para-hydroxylation sites is 1. The summed E-state index contributed by atoms with van der Waals surface area (Å²) in [7, 11) is 0. The van der Waals surface area contributed by atoms with Gasteiger partial charge in [-0.3, -0.25) is 4.99 Å². The molecular weight excluding hydrogens is 460 g/mol. The second-order valence-electron chi connectivity index (χ2n) is 5.73. The van der Waals surface area contributed by atoms with Gasteiger partial charge in [-0.05, 0) is 43.2 Å². The van der Waals surface area contributed by atoms with Gasteiger partial charge in [0, 0.05) is 13.1 Å². The number of nitrogens with zero attached hydrogens (tertiary/aromatic N) is 1. The third-order valence-electron chi connectivity index (χ3n) is 3.65. The third kappa shape index (κ3) is 9.05. The molecule has 0 aliphatic heterocycles. The van der Waals surface area contributed by atoms with Crippen molar-refractivity contribution in [3.63, 3.8) is 0 Å². The Morgan fingerprint density at radius 3 is 2.48 bits per heavy atom. The van der Waals surface area contributed by atoms with Crippen LogP contribution in [0.4, 0.5) is 4.39 Å². The van der Waals surface area contributed by atoms with Gasteiger partial charge in [0.1, 0.15) is 11.6 Å². The molecule has 0 bridgehead atoms. The van der Waals surface area contributed by atoms with Crippen LogP contribution in [-0.2, 0) is 0 Å². The van der Waals surface area contributed by atoms with E-state index in [9.17, 15) is 9.50 Å². The zero-order valence-corrected chi connectivity index (χ0v) is 17.7. The zero-order chi connectivity index (χ0) is 18.6. The minimum absolute atomic E-state index is 0. The van der Waals surface area contributed by atoms with E-state index in [1.807, 2.05) is 37.3 Å².